The van der Waals surface area contributed by atoms with Crippen molar-refractivity contribution in [3.05, 3.63) is 41.6 Å². The van der Waals surface area contributed by atoms with Crippen LogP contribution in [0.25, 0.3) is 10.9 Å². The fourth-order valence-electron chi connectivity index (χ4n) is 4.04. The van der Waals surface area contributed by atoms with Gasteiger partial charge in [-0.2, -0.15) is 0 Å². The van der Waals surface area contributed by atoms with Crippen LogP contribution >= 0.6 is 0 Å². The third kappa shape index (κ3) is 3.21. The van der Waals surface area contributed by atoms with E-state index in [9.17, 15) is 0 Å². The largest absolute Gasteiger partial charge is 0.256 e. The molecule has 0 aliphatic heterocycles. The van der Waals surface area contributed by atoms with Gasteiger partial charge in [0.1, 0.15) is 8.07 Å². The molecule has 0 spiro atoms. The van der Waals surface area contributed by atoms with Gasteiger partial charge in [0, 0.05) is 17.1 Å². The topological polar surface area (TPSA) is 12.9 Å². The van der Waals surface area contributed by atoms with Gasteiger partial charge in [0.2, 0.25) is 0 Å². The minimum absolute atomic E-state index is 0.664. The Kier molecular flexibility index (Phi) is 5.32. The second-order valence-corrected chi connectivity index (χ2v) is 13.0. The van der Waals surface area contributed by atoms with Crippen molar-refractivity contribution in [2.45, 2.75) is 65.1 Å². The minimum atomic E-state index is -1.68. The minimum Gasteiger partial charge on any atom is -0.256 e. The molecule has 1 aromatic carbocycles. The number of fused-ring (bicyclic) bond motifs is 1. The Morgan fingerprint density at radius 2 is 1.52 bits per heavy atom. The van der Waals surface area contributed by atoms with E-state index in [0.717, 1.165) is 11.1 Å². The molecule has 2 aromatic rings. The van der Waals surface area contributed by atoms with Crippen molar-refractivity contribution in [3.8, 4) is 11.5 Å². The lowest BCUT2D eigenvalue weighted by Gasteiger charge is -2.38. The Bertz CT molecular complexity index is 725. The first-order valence-corrected chi connectivity index (χ1v) is 10.9. The molecule has 0 saturated carbocycles. The fraction of sp³-hybridized carbons (Fsp3) is 0.476. The molecule has 0 atom stereocenters. The lowest BCUT2D eigenvalue weighted by atomic mass is 10.0. The number of aryl methyl sites for hydroxylation is 1. The molecule has 0 aliphatic carbocycles. The van der Waals surface area contributed by atoms with Gasteiger partial charge in [-0.25, -0.2) is 0 Å². The van der Waals surface area contributed by atoms with Crippen LogP contribution in [0.2, 0.25) is 16.6 Å². The van der Waals surface area contributed by atoms with Crippen LogP contribution in [0.3, 0.4) is 0 Å². The maximum absolute atomic E-state index is 4.44. The predicted octanol–water partition coefficient (Wildman–Crippen LogP) is 6.11. The number of aromatic nitrogens is 1. The highest BCUT2D eigenvalue weighted by atomic mass is 28.3. The quantitative estimate of drug-likeness (QED) is 0.490. The molecule has 1 heterocycles. The summed E-state index contributed by atoms with van der Waals surface area (Å²) in [7, 11) is -1.68. The third-order valence-corrected chi connectivity index (χ3v) is 11.6. The molecule has 0 saturated heterocycles. The zero-order valence-electron chi connectivity index (χ0n) is 15.6. The van der Waals surface area contributed by atoms with Crippen molar-refractivity contribution in [2.75, 3.05) is 0 Å². The van der Waals surface area contributed by atoms with Gasteiger partial charge >= 0.3 is 0 Å². The van der Waals surface area contributed by atoms with Crippen LogP contribution in [-0.2, 0) is 0 Å². The molecule has 0 amide bonds. The first-order valence-electron chi connectivity index (χ1n) is 8.68. The van der Waals surface area contributed by atoms with E-state index in [1.54, 1.807) is 0 Å². The lowest BCUT2D eigenvalue weighted by Crippen LogP contribution is -2.43. The van der Waals surface area contributed by atoms with Crippen LogP contribution in [0.1, 0.15) is 52.7 Å². The molecule has 1 aromatic heterocycles. The Hall–Kier alpha value is -1.59. The van der Waals surface area contributed by atoms with Crippen LogP contribution in [0.4, 0.5) is 0 Å². The molecular formula is C21H29NSi. The first kappa shape index (κ1) is 17.8. The van der Waals surface area contributed by atoms with Gasteiger partial charge in [0.15, 0.2) is 0 Å². The summed E-state index contributed by atoms with van der Waals surface area (Å²) in [5.41, 5.74) is 9.28. The van der Waals surface area contributed by atoms with E-state index in [4.69, 9.17) is 0 Å². The smallest absolute Gasteiger partial charge is 0.146 e. The van der Waals surface area contributed by atoms with Crippen LogP contribution in [0.5, 0.6) is 0 Å². The second-order valence-electron chi connectivity index (χ2n) is 7.46. The van der Waals surface area contributed by atoms with Crippen molar-refractivity contribution in [1.29, 1.82) is 0 Å². The number of hydrogen-bond donors (Lipinski definition) is 0. The number of rotatable bonds is 3. The van der Waals surface area contributed by atoms with Gasteiger partial charge in [-0.05, 0) is 47.3 Å². The highest BCUT2D eigenvalue weighted by molar-refractivity contribution is 6.90. The molecule has 0 fully saturated rings. The zero-order chi connectivity index (χ0) is 17.2. The molecule has 23 heavy (non-hydrogen) atoms. The van der Waals surface area contributed by atoms with Crippen LogP contribution < -0.4 is 0 Å². The predicted molar refractivity (Wildman–Crippen MR) is 104 cm³/mol. The summed E-state index contributed by atoms with van der Waals surface area (Å²) < 4.78 is 0. The molecule has 2 rings (SSSR count). The summed E-state index contributed by atoms with van der Waals surface area (Å²) >= 11 is 0. The van der Waals surface area contributed by atoms with E-state index in [2.05, 4.69) is 83.1 Å². The van der Waals surface area contributed by atoms with Crippen molar-refractivity contribution >= 4 is 19.0 Å². The van der Waals surface area contributed by atoms with Gasteiger partial charge in [-0.15, -0.1) is 5.54 Å². The van der Waals surface area contributed by atoms with Crippen molar-refractivity contribution in [2.24, 2.45) is 0 Å². The normalized spacial score (nSPS) is 12.1. The number of pyridine rings is 1. The molecule has 1 nitrogen and oxygen atoms in total. The summed E-state index contributed by atoms with van der Waals surface area (Å²) in [4.78, 5) is 4.44. The van der Waals surface area contributed by atoms with Gasteiger partial charge in [-0.1, -0.05) is 53.5 Å². The average molecular weight is 324 g/mol. The summed E-state index contributed by atoms with van der Waals surface area (Å²) in [6.45, 7) is 16.3. The van der Waals surface area contributed by atoms with E-state index >= 15 is 0 Å². The van der Waals surface area contributed by atoms with E-state index in [1.807, 2.05) is 12.3 Å². The first-order chi connectivity index (χ1) is 10.8. The van der Waals surface area contributed by atoms with Gasteiger partial charge in [0.25, 0.3) is 0 Å². The van der Waals surface area contributed by atoms with Crippen molar-refractivity contribution < 1.29 is 0 Å². The fourth-order valence-corrected chi connectivity index (χ4v) is 9.26. The summed E-state index contributed by atoms with van der Waals surface area (Å²) in [5, 5.41) is 1.21. The Morgan fingerprint density at radius 1 is 0.913 bits per heavy atom. The van der Waals surface area contributed by atoms with Crippen LogP contribution in [0, 0.1) is 18.4 Å². The van der Waals surface area contributed by atoms with E-state index < -0.39 is 8.07 Å². The number of hydrogen-bond acceptors (Lipinski definition) is 1. The molecule has 0 unspecified atom stereocenters. The summed E-state index contributed by atoms with van der Waals surface area (Å²) in [6, 6.07) is 8.37. The molecule has 0 bridgehead atoms. The highest BCUT2D eigenvalue weighted by Crippen LogP contribution is 2.40. The van der Waals surface area contributed by atoms with E-state index in [-0.39, 0.29) is 0 Å². The van der Waals surface area contributed by atoms with E-state index in [1.165, 1.54) is 10.9 Å². The standard InChI is InChI=1S/C21H29NSi/c1-15(2)23(16(3)4,17(5)6)14-12-19-10-11-21-20(18(19)7)9-8-13-22-21/h8-11,13,15-17H,1-7H3. The summed E-state index contributed by atoms with van der Waals surface area (Å²) in [5.74, 6) is 3.57. The Labute approximate surface area is 142 Å². The third-order valence-electron chi connectivity index (χ3n) is 5.33. The van der Waals surface area contributed by atoms with Gasteiger partial charge in [-0.3, -0.25) is 4.98 Å². The maximum atomic E-state index is 4.44. The molecule has 0 radical (unpaired) electrons. The van der Waals surface area contributed by atoms with Crippen LogP contribution in [-0.4, -0.2) is 13.1 Å². The monoisotopic (exact) mass is 323 g/mol. The van der Waals surface area contributed by atoms with Crippen LogP contribution in [0.15, 0.2) is 30.5 Å². The van der Waals surface area contributed by atoms with Crippen molar-refractivity contribution in [3.63, 3.8) is 0 Å². The zero-order valence-corrected chi connectivity index (χ0v) is 16.6. The Balaban J connectivity index is 2.57. The van der Waals surface area contributed by atoms with Gasteiger partial charge in [0.05, 0.1) is 5.52 Å². The number of nitrogens with zero attached hydrogens (tertiary/aromatic N) is 1. The molecule has 0 N–H and O–H groups in total. The molecule has 122 valence electrons. The highest BCUT2D eigenvalue weighted by Gasteiger charge is 2.41. The van der Waals surface area contributed by atoms with Gasteiger partial charge < -0.3 is 0 Å². The molecular weight excluding hydrogens is 294 g/mol. The lowest BCUT2D eigenvalue weighted by molar-refractivity contribution is 0.838. The maximum Gasteiger partial charge on any atom is 0.146 e. The average Bonchev–Trinajstić information content (AvgIpc) is 2.49. The number of benzene rings is 1. The Morgan fingerprint density at radius 3 is 2.09 bits per heavy atom. The second kappa shape index (κ2) is 6.89. The van der Waals surface area contributed by atoms with Crippen molar-refractivity contribution in [1.82, 2.24) is 4.98 Å². The van der Waals surface area contributed by atoms with E-state index in [0.29, 0.717) is 16.6 Å². The SMILES string of the molecule is Cc1c(C#C[Si](C(C)C)(C(C)C)C(C)C)ccc2ncccc12. The molecule has 0 aliphatic rings. The summed E-state index contributed by atoms with van der Waals surface area (Å²) in [6.07, 6.45) is 1.85. The molecule has 2 heteroatoms.